The van der Waals surface area contributed by atoms with Gasteiger partial charge in [0.25, 0.3) is 0 Å². The van der Waals surface area contributed by atoms with Crippen molar-refractivity contribution in [1.29, 1.82) is 0 Å². The molecule has 1 spiro atoms. The first-order valence-electron chi connectivity index (χ1n) is 11.1. The number of ether oxygens (including phenoxy) is 1. The van der Waals surface area contributed by atoms with Crippen molar-refractivity contribution in [3.05, 3.63) is 65.2 Å². The number of hydrogen-bond acceptors (Lipinski definition) is 5. The third-order valence-corrected chi connectivity index (χ3v) is 7.60. The molecule has 4 aliphatic rings. The highest BCUT2D eigenvalue weighted by Gasteiger charge is 2.65. The zero-order valence-corrected chi connectivity index (χ0v) is 18.0. The summed E-state index contributed by atoms with van der Waals surface area (Å²) in [6, 6.07) is 13.6. The number of carboxylic acids is 1. The predicted molar refractivity (Wildman–Crippen MR) is 120 cm³/mol. The summed E-state index contributed by atoms with van der Waals surface area (Å²) in [5, 5.41) is 18.5. The summed E-state index contributed by atoms with van der Waals surface area (Å²) < 4.78 is 6.04. The second-order valence-corrected chi connectivity index (χ2v) is 9.18. The first kappa shape index (κ1) is 20.8. The third kappa shape index (κ3) is 3.13. The molecular formula is C26H27NO5. The van der Waals surface area contributed by atoms with E-state index in [0.29, 0.717) is 24.1 Å². The molecule has 1 saturated heterocycles. The Balaban J connectivity index is 0.000000168. The van der Waals surface area contributed by atoms with Crippen molar-refractivity contribution in [2.75, 3.05) is 13.6 Å². The van der Waals surface area contributed by atoms with Gasteiger partial charge in [0.15, 0.2) is 23.4 Å². The number of likely N-dealkylation sites (N-methyl/N-ethyl adjacent to an activating group) is 1. The number of carboxylic acid groups (broad SMARTS) is 1. The van der Waals surface area contributed by atoms with Gasteiger partial charge in [-0.3, -0.25) is 4.79 Å². The smallest absolute Gasteiger partial charge is 0.328 e. The molecule has 2 bridgehead atoms. The van der Waals surface area contributed by atoms with Gasteiger partial charge in [0.05, 0.1) is 0 Å². The number of hydrogen-bond donors (Lipinski definition) is 2. The summed E-state index contributed by atoms with van der Waals surface area (Å²) in [5.74, 6) is 0.573. The monoisotopic (exact) mass is 433 g/mol. The number of phenols is 1. The molecule has 0 amide bonds. The average molecular weight is 434 g/mol. The highest BCUT2D eigenvalue weighted by atomic mass is 16.5. The quantitative estimate of drug-likeness (QED) is 0.706. The Morgan fingerprint density at radius 3 is 2.75 bits per heavy atom. The van der Waals surface area contributed by atoms with Crippen molar-refractivity contribution in [2.24, 2.45) is 5.92 Å². The van der Waals surface area contributed by atoms with Crippen LogP contribution in [-0.4, -0.2) is 52.6 Å². The van der Waals surface area contributed by atoms with Crippen LogP contribution in [0, 0.1) is 5.92 Å². The summed E-state index contributed by atoms with van der Waals surface area (Å²) in [6.45, 7) is 1.00. The van der Waals surface area contributed by atoms with E-state index in [1.54, 1.807) is 12.1 Å². The zero-order chi connectivity index (χ0) is 22.5. The molecule has 0 aromatic heterocycles. The number of nitrogens with zero attached hydrogens (tertiary/aromatic N) is 1. The first-order chi connectivity index (χ1) is 15.4. The Kier molecular flexibility index (Phi) is 5.05. The van der Waals surface area contributed by atoms with E-state index in [4.69, 9.17) is 9.84 Å². The SMILES string of the molecule is CN1CC[C@]23c4c5ccc(O)c4O[C@H]2C(=O)CC[C@H]3[C@H]1C5.O=C(O)C=Cc1ccccc1. The number of aromatic hydroxyl groups is 1. The van der Waals surface area contributed by atoms with Crippen LogP contribution in [0.25, 0.3) is 6.08 Å². The lowest BCUT2D eigenvalue weighted by Crippen LogP contribution is -2.65. The fourth-order valence-electron chi connectivity index (χ4n) is 6.25. The number of benzene rings is 2. The Hall–Kier alpha value is -3.12. The summed E-state index contributed by atoms with van der Waals surface area (Å²) in [7, 11) is 2.20. The number of ketones is 1. The van der Waals surface area contributed by atoms with Crippen molar-refractivity contribution in [3.8, 4) is 11.5 Å². The van der Waals surface area contributed by atoms with Crippen molar-refractivity contribution < 1.29 is 24.5 Å². The van der Waals surface area contributed by atoms with Gasteiger partial charge in [-0.15, -0.1) is 0 Å². The van der Waals surface area contributed by atoms with Gasteiger partial charge >= 0.3 is 5.97 Å². The molecule has 166 valence electrons. The molecular weight excluding hydrogens is 406 g/mol. The van der Waals surface area contributed by atoms with E-state index in [1.807, 2.05) is 36.4 Å². The van der Waals surface area contributed by atoms with Gasteiger partial charge in [-0.2, -0.15) is 0 Å². The minimum Gasteiger partial charge on any atom is -0.504 e. The highest BCUT2D eigenvalue weighted by molar-refractivity contribution is 5.89. The lowest BCUT2D eigenvalue weighted by atomic mass is 9.52. The number of carbonyl (C=O) groups excluding carboxylic acids is 1. The van der Waals surface area contributed by atoms with E-state index in [2.05, 4.69) is 11.9 Å². The van der Waals surface area contributed by atoms with Gasteiger partial charge in [0.1, 0.15) is 0 Å². The highest BCUT2D eigenvalue weighted by Crippen LogP contribution is 2.62. The van der Waals surface area contributed by atoms with Gasteiger partial charge < -0.3 is 19.8 Å². The molecule has 2 aliphatic heterocycles. The van der Waals surface area contributed by atoms with E-state index in [9.17, 15) is 14.7 Å². The van der Waals surface area contributed by atoms with E-state index in [-0.39, 0.29) is 23.1 Å². The largest absolute Gasteiger partial charge is 0.504 e. The maximum absolute atomic E-state index is 12.5. The maximum atomic E-state index is 12.5. The van der Waals surface area contributed by atoms with E-state index in [0.717, 1.165) is 43.0 Å². The van der Waals surface area contributed by atoms with Crippen LogP contribution in [0.5, 0.6) is 11.5 Å². The average Bonchev–Trinajstić information content (AvgIpc) is 3.15. The van der Waals surface area contributed by atoms with Crippen molar-refractivity contribution in [3.63, 3.8) is 0 Å². The standard InChI is InChI=1S/C17H19NO3.C9H8O2/c1-18-7-6-17-10-3-5-13(20)16(17)21-15-12(19)4-2-9(14(15)17)8-11(10)18;10-9(11)7-6-8-4-2-1-3-5-8/h2,4,10-11,16,19H,3,5-8H2,1H3;1-7H,(H,10,11)/t10-,11+,16-,17-;/m0./s1. The van der Waals surface area contributed by atoms with Crippen molar-refractivity contribution in [2.45, 2.75) is 43.2 Å². The molecule has 2 heterocycles. The molecule has 4 atom stereocenters. The fraction of sp³-hybridized carbons (Fsp3) is 0.385. The van der Waals surface area contributed by atoms with Crippen LogP contribution in [0.2, 0.25) is 0 Å². The summed E-state index contributed by atoms with van der Waals surface area (Å²) in [6.07, 6.45) is 5.86. The predicted octanol–water partition coefficient (Wildman–Crippen LogP) is 3.41. The molecule has 1 saturated carbocycles. The third-order valence-electron chi connectivity index (χ3n) is 7.60. The lowest BCUT2D eigenvalue weighted by molar-refractivity contribution is -0.138. The molecule has 6 rings (SSSR count). The van der Waals surface area contributed by atoms with Crippen LogP contribution in [0.1, 0.15) is 36.0 Å². The number of likely N-dealkylation sites (tertiary alicyclic amines) is 1. The zero-order valence-electron chi connectivity index (χ0n) is 18.0. The number of carbonyl (C=O) groups is 2. The molecule has 6 nitrogen and oxygen atoms in total. The second kappa shape index (κ2) is 7.78. The number of Topliss-reactive ketones (excluding diaryl/α,β-unsaturated/α-hetero) is 1. The Bertz CT molecular complexity index is 1090. The van der Waals surface area contributed by atoms with Crippen LogP contribution in [-0.2, 0) is 21.4 Å². The lowest BCUT2D eigenvalue weighted by Gasteiger charge is -2.57. The second-order valence-electron chi connectivity index (χ2n) is 9.18. The fourth-order valence-corrected chi connectivity index (χ4v) is 6.25. The number of aliphatic carboxylic acids is 1. The maximum Gasteiger partial charge on any atom is 0.328 e. The van der Waals surface area contributed by atoms with Crippen LogP contribution in [0.15, 0.2) is 48.5 Å². The molecule has 0 radical (unpaired) electrons. The van der Waals surface area contributed by atoms with Gasteiger partial charge in [0, 0.05) is 29.5 Å². The first-order valence-corrected chi connectivity index (χ1v) is 11.1. The minimum absolute atomic E-state index is 0.172. The Morgan fingerprint density at radius 2 is 2.00 bits per heavy atom. The minimum atomic E-state index is -0.922. The van der Waals surface area contributed by atoms with Gasteiger partial charge in [-0.25, -0.2) is 4.79 Å². The van der Waals surface area contributed by atoms with E-state index < -0.39 is 5.97 Å². The summed E-state index contributed by atoms with van der Waals surface area (Å²) in [4.78, 5) is 25.0. The van der Waals surface area contributed by atoms with Gasteiger partial charge in [-0.1, -0.05) is 36.4 Å². The number of phenolic OH excluding ortho intramolecular Hbond substituents is 1. The number of piperidine rings is 1. The molecule has 2 aromatic carbocycles. The molecule has 2 aliphatic carbocycles. The molecule has 6 heteroatoms. The Morgan fingerprint density at radius 1 is 1.22 bits per heavy atom. The molecule has 2 fully saturated rings. The van der Waals surface area contributed by atoms with Gasteiger partial charge in [0.2, 0.25) is 0 Å². The van der Waals surface area contributed by atoms with Crippen LogP contribution >= 0.6 is 0 Å². The van der Waals surface area contributed by atoms with Crippen LogP contribution in [0.4, 0.5) is 0 Å². The van der Waals surface area contributed by atoms with Crippen molar-refractivity contribution >= 4 is 17.8 Å². The van der Waals surface area contributed by atoms with Crippen molar-refractivity contribution in [1.82, 2.24) is 4.90 Å². The Labute approximate surface area is 187 Å². The molecule has 2 N–H and O–H groups in total. The normalized spacial score (nSPS) is 29.7. The van der Waals surface area contributed by atoms with E-state index >= 15 is 0 Å². The summed E-state index contributed by atoms with van der Waals surface area (Å²) >= 11 is 0. The molecule has 0 unspecified atom stereocenters. The summed E-state index contributed by atoms with van der Waals surface area (Å²) in [5.41, 5.74) is 3.16. The van der Waals surface area contributed by atoms with Gasteiger partial charge in [-0.05, 0) is 62.0 Å². The molecule has 2 aromatic rings. The van der Waals surface area contributed by atoms with E-state index in [1.165, 1.54) is 5.56 Å². The van der Waals surface area contributed by atoms with Crippen LogP contribution in [0.3, 0.4) is 0 Å². The molecule has 32 heavy (non-hydrogen) atoms. The van der Waals surface area contributed by atoms with Crippen LogP contribution < -0.4 is 4.74 Å². The number of rotatable bonds is 2. The topological polar surface area (TPSA) is 87.1 Å².